The standard InChI is InChI=1S/C27H28O3/c1-25(19-29-25)18-28-20-26(2)24(30-26)27(21-12-6-3-7-13-21,22-14-8-4-9-15-22)23-16-10-5-11-17-23/h3-17,24H,18-20H2,1-2H3. The summed E-state index contributed by atoms with van der Waals surface area (Å²) in [6.45, 7) is 6.18. The molecule has 2 aliphatic rings. The Balaban J connectivity index is 1.58. The van der Waals surface area contributed by atoms with Crippen LogP contribution in [0.1, 0.15) is 30.5 Å². The van der Waals surface area contributed by atoms with E-state index in [0.29, 0.717) is 13.2 Å². The fourth-order valence-electron chi connectivity index (χ4n) is 4.62. The van der Waals surface area contributed by atoms with Crippen molar-refractivity contribution in [1.29, 1.82) is 0 Å². The van der Waals surface area contributed by atoms with Crippen LogP contribution in [0.25, 0.3) is 0 Å². The van der Waals surface area contributed by atoms with Crippen LogP contribution in [-0.4, -0.2) is 37.1 Å². The van der Waals surface area contributed by atoms with Crippen LogP contribution in [0.15, 0.2) is 91.0 Å². The third kappa shape index (κ3) is 3.37. The van der Waals surface area contributed by atoms with E-state index in [4.69, 9.17) is 14.2 Å². The quantitative estimate of drug-likeness (QED) is 0.395. The van der Waals surface area contributed by atoms with Gasteiger partial charge in [0.05, 0.1) is 25.2 Å². The molecule has 154 valence electrons. The molecule has 2 fully saturated rings. The predicted molar refractivity (Wildman–Crippen MR) is 118 cm³/mol. The van der Waals surface area contributed by atoms with Gasteiger partial charge < -0.3 is 14.2 Å². The van der Waals surface area contributed by atoms with Crippen LogP contribution in [0.4, 0.5) is 0 Å². The first-order valence-electron chi connectivity index (χ1n) is 10.6. The van der Waals surface area contributed by atoms with Crippen LogP contribution in [0.3, 0.4) is 0 Å². The summed E-state index contributed by atoms with van der Waals surface area (Å²) in [7, 11) is 0. The highest BCUT2D eigenvalue weighted by Gasteiger charge is 2.65. The number of hydrogen-bond acceptors (Lipinski definition) is 3. The summed E-state index contributed by atoms with van der Waals surface area (Å²) in [5.74, 6) is 0. The first kappa shape index (κ1) is 19.5. The molecule has 2 heterocycles. The monoisotopic (exact) mass is 400 g/mol. The molecule has 0 aliphatic carbocycles. The third-order valence-corrected chi connectivity index (χ3v) is 6.40. The topological polar surface area (TPSA) is 34.3 Å². The largest absolute Gasteiger partial charge is 0.375 e. The molecular formula is C27H28O3. The Morgan fingerprint density at radius 2 is 1.20 bits per heavy atom. The number of hydrogen-bond donors (Lipinski definition) is 0. The van der Waals surface area contributed by atoms with Crippen LogP contribution in [-0.2, 0) is 19.6 Å². The normalized spacial score (nSPS) is 27.6. The fraction of sp³-hybridized carbons (Fsp3) is 0.333. The second kappa shape index (κ2) is 7.35. The van der Waals surface area contributed by atoms with Crippen LogP contribution < -0.4 is 0 Å². The van der Waals surface area contributed by atoms with Gasteiger partial charge in [-0.2, -0.15) is 0 Å². The second-order valence-corrected chi connectivity index (χ2v) is 8.95. The van der Waals surface area contributed by atoms with Crippen LogP contribution >= 0.6 is 0 Å². The Kier molecular flexibility index (Phi) is 4.78. The lowest BCUT2D eigenvalue weighted by Gasteiger charge is -2.35. The lowest BCUT2D eigenvalue weighted by atomic mass is 9.65. The van der Waals surface area contributed by atoms with Crippen molar-refractivity contribution >= 4 is 0 Å². The Bertz CT molecular complexity index is 886. The molecule has 0 N–H and O–H groups in total. The van der Waals surface area contributed by atoms with Crippen molar-refractivity contribution < 1.29 is 14.2 Å². The molecular weight excluding hydrogens is 372 g/mol. The average molecular weight is 401 g/mol. The second-order valence-electron chi connectivity index (χ2n) is 8.95. The molecule has 0 aromatic heterocycles. The first-order chi connectivity index (χ1) is 14.6. The summed E-state index contributed by atoms with van der Waals surface area (Å²) < 4.78 is 18.0. The molecule has 3 atom stereocenters. The van der Waals surface area contributed by atoms with Crippen molar-refractivity contribution in [1.82, 2.24) is 0 Å². The SMILES string of the molecule is CC1(COCC2(C)OC2C(c2ccccc2)(c2ccccc2)c2ccccc2)CO1. The predicted octanol–water partition coefficient (Wildman–Crippen LogP) is 4.98. The van der Waals surface area contributed by atoms with Gasteiger partial charge in [0.1, 0.15) is 17.3 Å². The van der Waals surface area contributed by atoms with Gasteiger partial charge in [0.15, 0.2) is 0 Å². The smallest absolute Gasteiger partial charge is 0.117 e. The van der Waals surface area contributed by atoms with Crippen molar-refractivity contribution in [2.75, 3.05) is 19.8 Å². The lowest BCUT2D eigenvalue weighted by Crippen LogP contribution is -2.40. The molecule has 3 heteroatoms. The Hall–Kier alpha value is -2.46. The maximum Gasteiger partial charge on any atom is 0.117 e. The molecule has 2 aliphatic heterocycles. The van der Waals surface area contributed by atoms with E-state index in [-0.39, 0.29) is 17.3 Å². The molecule has 3 unspecified atom stereocenters. The van der Waals surface area contributed by atoms with E-state index in [1.54, 1.807) is 0 Å². The van der Waals surface area contributed by atoms with E-state index < -0.39 is 5.41 Å². The van der Waals surface area contributed by atoms with Crippen LogP contribution in [0, 0.1) is 0 Å². The van der Waals surface area contributed by atoms with E-state index in [2.05, 4.69) is 105 Å². The highest BCUT2D eigenvalue weighted by molar-refractivity contribution is 5.54. The number of ether oxygens (including phenoxy) is 3. The van der Waals surface area contributed by atoms with Gasteiger partial charge in [-0.1, -0.05) is 91.0 Å². The zero-order valence-corrected chi connectivity index (χ0v) is 17.6. The first-order valence-corrected chi connectivity index (χ1v) is 10.6. The molecule has 0 spiro atoms. The number of rotatable bonds is 8. The fourth-order valence-corrected chi connectivity index (χ4v) is 4.62. The number of epoxide rings is 2. The lowest BCUT2D eigenvalue weighted by molar-refractivity contribution is 0.0520. The molecule has 3 nitrogen and oxygen atoms in total. The average Bonchev–Trinajstić information content (AvgIpc) is 3.69. The van der Waals surface area contributed by atoms with Gasteiger partial charge in [0, 0.05) is 0 Å². The minimum atomic E-state index is -0.415. The van der Waals surface area contributed by atoms with E-state index >= 15 is 0 Å². The minimum Gasteiger partial charge on any atom is -0.375 e. The van der Waals surface area contributed by atoms with Crippen LogP contribution in [0.5, 0.6) is 0 Å². The van der Waals surface area contributed by atoms with Crippen molar-refractivity contribution in [3.05, 3.63) is 108 Å². The highest BCUT2D eigenvalue weighted by Crippen LogP contribution is 2.55. The van der Waals surface area contributed by atoms with E-state index in [1.807, 2.05) is 0 Å². The van der Waals surface area contributed by atoms with Gasteiger partial charge >= 0.3 is 0 Å². The molecule has 0 saturated carbocycles. The highest BCUT2D eigenvalue weighted by atomic mass is 16.6. The summed E-state index contributed by atoms with van der Waals surface area (Å²) in [6.07, 6.45) is -0.0369. The van der Waals surface area contributed by atoms with Gasteiger partial charge in [-0.25, -0.2) is 0 Å². The maximum absolute atomic E-state index is 6.50. The summed E-state index contributed by atoms with van der Waals surface area (Å²) in [4.78, 5) is 0. The minimum absolute atomic E-state index is 0.0369. The van der Waals surface area contributed by atoms with Crippen molar-refractivity contribution in [3.63, 3.8) is 0 Å². The molecule has 3 aromatic carbocycles. The summed E-state index contributed by atoms with van der Waals surface area (Å²) in [5.41, 5.74) is 2.79. The third-order valence-electron chi connectivity index (χ3n) is 6.40. The Morgan fingerprint density at radius 1 is 0.767 bits per heavy atom. The van der Waals surface area contributed by atoms with Gasteiger partial charge in [0.2, 0.25) is 0 Å². The zero-order valence-electron chi connectivity index (χ0n) is 17.6. The number of benzene rings is 3. The molecule has 0 radical (unpaired) electrons. The van der Waals surface area contributed by atoms with Gasteiger partial charge in [-0.3, -0.25) is 0 Å². The Morgan fingerprint density at radius 3 is 1.60 bits per heavy atom. The molecule has 30 heavy (non-hydrogen) atoms. The van der Waals surface area contributed by atoms with Crippen molar-refractivity contribution in [2.24, 2.45) is 0 Å². The molecule has 0 amide bonds. The maximum atomic E-state index is 6.50. The molecule has 2 saturated heterocycles. The molecule has 3 aromatic rings. The molecule has 0 bridgehead atoms. The van der Waals surface area contributed by atoms with E-state index in [9.17, 15) is 0 Å². The summed E-state index contributed by atoms with van der Waals surface area (Å²) in [6, 6.07) is 32.1. The van der Waals surface area contributed by atoms with Crippen LogP contribution in [0.2, 0.25) is 0 Å². The van der Waals surface area contributed by atoms with E-state index in [1.165, 1.54) is 16.7 Å². The van der Waals surface area contributed by atoms with E-state index in [0.717, 1.165) is 6.61 Å². The molecule has 5 rings (SSSR count). The van der Waals surface area contributed by atoms with Gasteiger partial charge in [-0.15, -0.1) is 0 Å². The Labute approximate surface area is 178 Å². The zero-order chi connectivity index (χ0) is 20.7. The van der Waals surface area contributed by atoms with Crippen molar-refractivity contribution in [2.45, 2.75) is 36.6 Å². The summed E-state index contributed by atoms with van der Waals surface area (Å²) >= 11 is 0. The van der Waals surface area contributed by atoms with Crippen molar-refractivity contribution in [3.8, 4) is 0 Å². The van der Waals surface area contributed by atoms with Gasteiger partial charge in [-0.05, 0) is 30.5 Å². The summed E-state index contributed by atoms with van der Waals surface area (Å²) in [5, 5.41) is 0. The van der Waals surface area contributed by atoms with Gasteiger partial charge in [0.25, 0.3) is 0 Å².